The summed E-state index contributed by atoms with van der Waals surface area (Å²) in [6.07, 6.45) is 0.759. The molecule has 0 saturated carbocycles. The predicted octanol–water partition coefficient (Wildman–Crippen LogP) is 1.82. The minimum absolute atomic E-state index is 0.245. The highest BCUT2D eigenvalue weighted by Gasteiger charge is 2.14. The zero-order chi connectivity index (χ0) is 8.91. The fourth-order valence-electron chi connectivity index (χ4n) is 0.608. The first-order valence-electron chi connectivity index (χ1n) is 4.24. The lowest BCUT2D eigenvalue weighted by Gasteiger charge is -2.22. The average molecular weight is 160 g/mol. The van der Waals surface area contributed by atoms with E-state index in [9.17, 15) is 0 Å². The van der Waals surface area contributed by atoms with Gasteiger partial charge in [0.25, 0.3) is 0 Å². The molecular weight excluding hydrogens is 140 g/mol. The van der Waals surface area contributed by atoms with Gasteiger partial charge in [-0.1, -0.05) is 20.8 Å². The lowest BCUT2D eigenvalue weighted by atomic mass is 9.92. The van der Waals surface area contributed by atoms with Gasteiger partial charge in [0.2, 0.25) is 0 Å². The highest BCUT2D eigenvalue weighted by Crippen LogP contribution is 2.19. The zero-order valence-electron chi connectivity index (χ0n) is 8.05. The Hall–Kier alpha value is -0.0800. The van der Waals surface area contributed by atoms with Gasteiger partial charge < -0.3 is 9.84 Å². The quantitative estimate of drug-likeness (QED) is 0.664. The summed E-state index contributed by atoms with van der Waals surface area (Å²) in [5.41, 5.74) is 0.245. The molecular formula is C9H20O2. The molecule has 11 heavy (non-hydrogen) atoms. The van der Waals surface area contributed by atoms with Gasteiger partial charge in [-0.2, -0.15) is 0 Å². The second-order valence-electron chi connectivity index (χ2n) is 3.88. The normalized spacial score (nSPS) is 15.0. The standard InChI is InChI=1S/C9H20O2/c1-5-9(3,4)7-11-6-8(2)10/h8,10H,5-7H2,1-4H3. The van der Waals surface area contributed by atoms with Crippen LogP contribution in [0.5, 0.6) is 0 Å². The van der Waals surface area contributed by atoms with Crippen molar-refractivity contribution in [1.29, 1.82) is 0 Å². The maximum atomic E-state index is 8.90. The van der Waals surface area contributed by atoms with Crippen LogP contribution in [0.1, 0.15) is 34.1 Å². The summed E-state index contributed by atoms with van der Waals surface area (Å²) in [5.74, 6) is 0. The van der Waals surface area contributed by atoms with E-state index in [0.29, 0.717) is 6.61 Å². The molecule has 1 atom stereocenters. The van der Waals surface area contributed by atoms with Crippen molar-refractivity contribution in [3.05, 3.63) is 0 Å². The third kappa shape index (κ3) is 6.32. The van der Waals surface area contributed by atoms with Crippen molar-refractivity contribution in [2.24, 2.45) is 5.41 Å². The molecule has 0 bridgehead atoms. The van der Waals surface area contributed by atoms with E-state index >= 15 is 0 Å². The van der Waals surface area contributed by atoms with Crippen LogP contribution < -0.4 is 0 Å². The largest absolute Gasteiger partial charge is 0.391 e. The molecule has 0 aliphatic carbocycles. The molecule has 0 aromatic rings. The van der Waals surface area contributed by atoms with Crippen LogP contribution in [-0.4, -0.2) is 24.4 Å². The first-order valence-corrected chi connectivity index (χ1v) is 4.24. The highest BCUT2D eigenvalue weighted by molar-refractivity contribution is 4.64. The first kappa shape index (κ1) is 10.9. The van der Waals surface area contributed by atoms with Gasteiger partial charge in [-0.05, 0) is 18.8 Å². The van der Waals surface area contributed by atoms with Crippen molar-refractivity contribution < 1.29 is 9.84 Å². The molecule has 0 radical (unpaired) electrons. The Kier molecular flexibility index (Phi) is 4.69. The Morgan fingerprint density at radius 2 is 2.00 bits per heavy atom. The summed E-state index contributed by atoms with van der Waals surface area (Å²) < 4.78 is 5.30. The van der Waals surface area contributed by atoms with E-state index in [2.05, 4.69) is 20.8 Å². The van der Waals surface area contributed by atoms with Crippen molar-refractivity contribution in [2.45, 2.75) is 40.2 Å². The molecule has 0 heterocycles. The molecule has 68 valence electrons. The number of aliphatic hydroxyl groups is 1. The number of hydrogen-bond donors (Lipinski definition) is 1. The summed E-state index contributed by atoms with van der Waals surface area (Å²) in [6.45, 7) is 9.38. The third-order valence-corrected chi connectivity index (χ3v) is 1.81. The minimum Gasteiger partial charge on any atom is -0.391 e. The van der Waals surface area contributed by atoms with Gasteiger partial charge in [0.05, 0.1) is 19.3 Å². The van der Waals surface area contributed by atoms with Gasteiger partial charge in [-0.15, -0.1) is 0 Å². The molecule has 0 rings (SSSR count). The predicted molar refractivity (Wildman–Crippen MR) is 46.6 cm³/mol. The summed E-state index contributed by atoms with van der Waals surface area (Å²) in [6, 6.07) is 0. The summed E-state index contributed by atoms with van der Waals surface area (Å²) in [7, 11) is 0. The molecule has 0 spiro atoms. The van der Waals surface area contributed by atoms with E-state index in [-0.39, 0.29) is 11.5 Å². The van der Waals surface area contributed by atoms with Crippen LogP contribution in [0.2, 0.25) is 0 Å². The monoisotopic (exact) mass is 160 g/mol. The second-order valence-corrected chi connectivity index (χ2v) is 3.88. The van der Waals surface area contributed by atoms with Gasteiger partial charge in [0.15, 0.2) is 0 Å². The number of aliphatic hydroxyl groups excluding tert-OH is 1. The van der Waals surface area contributed by atoms with Crippen LogP contribution in [0.3, 0.4) is 0 Å². The summed E-state index contributed by atoms with van der Waals surface area (Å²) in [5, 5.41) is 8.90. The first-order chi connectivity index (χ1) is 4.98. The Bertz CT molecular complexity index is 97.7. The molecule has 0 aliphatic rings. The van der Waals surface area contributed by atoms with E-state index in [1.54, 1.807) is 6.92 Å². The molecule has 1 unspecified atom stereocenters. The van der Waals surface area contributed by atoms with E-state index in [1.807, 2.05) is 0 Å². The minimum atomic E-state index is -0.345. The van der Waals surface area contributed by atoms with Crippen LogP contribution in [0, 0.1) is 5.41 Å². The van der Waals surface area contributed by atoms with Crippen molar-refractivity contribution in [1.82, 2.24) is 0 Å². The number of hydrogen-bond acceptors (Lipinski definition) is 2. The number of rotatable bonds is 5. The zero-order valence-corrected chi connectivity index (χ0v) is 8.05. The lowest BCUT2D eigenvalue weighted by molar-refractivity contribution is 0.00781. The molecule has 0 aromatic heterocycles. The fourth-order valence-corrected chi connectivity index (χ4v) is 0.608. The highest BCUT2D eigenvalue weighted by atomic mass is 16.5. The lowest BCUT2D eigenvalue weighted by Crippen LogP contribution is -2.21. The maximum absolute atomic E-state index is 8.90. The van der Waals surface area contributed by atoms with Gasteiger partial charge >= 0.3 is 0 Å². The van der Waals surface area contributed by atoms with Crippen LogP contribution in [-0.2, 0) is 4.74 Å². The van der Waals surface area contributed by atoms with Gasteiger partial charge in [0.1, 0.15) is 0 Å². The van der Waals surface area contributed by atoms with Gasteiger partial charge in [-0.3, -0.25) is 0 Å². The molecule has 0 amide bonds. The average Bonchev–Trinajstić information content (AvgIpc) is 1.87. The number of ether oxygens (including phenoxy) is 1. The van der Waals surface area contributed by atoms with Crippen LogP contribution in [0.15, 0.2) is 0 Å². The SMILES string of the molecule is CCC(C)(C)COCC(C)O. The summed E-state index contributed by atoms with van der Waals surface area (Å²) in [4.78, 5) is 0. The van der Waals surface area contributed by atoms with E-state index < -0.39 is 0 Å². The Morgan fingerprint density at radius 3 is 2.36 bits per heavy atom. The summed E-state index contributed by atoms with van der Waals surface area (Å²) >= 11 is 0. The smallest absolute Gasteiger partial charge is 0.0745 e. The van der Waals surface area contributed by atoms with Crippen molar-refractivity contribution >= 4 is 0 Å². The second kappa shape index (κ2) is 4.73. The Labute approximate surface area is 69.6 Å². The topological polar surface area (TPSA) is 29.5 Å². The molecule has 0 aromatic carbocycles. The Balaban J connectivity index is 3.38. The van der Waals surface area contributed by atoms with Crippen molar-refractivity contribution in [3.63, 3.8) is 0 Å². The van der Waals surface area contributed by atoms with Gasteiger partial charge in [-0.25, -0.2) is 0 Å². The Morgan fingerprint density at radius 1 is 1.45 bits per heavy atom. The van der Waals surface area contributed by atoms with Crippen LogP contribution in [0.4, 0.5) is 0 Å². The maximum Gasteiger partial charge on any atom is 0.0745 e. The van der Waals surface area contributed by atoms with Crippen LogP contribution >= 0.6 is 0 Å². The fraction of sp³-hybridized carbons (Fsp3) is 1.00. The molecule has 1 N–H and O–H groups in total. The van der Waals surface area contributed by atoms with Crippen molar-refractivity contribution in [2.75, 3.05) is 13.2 Å². The van der Waals surface area contributed by atoms with E-state index in [0.717, 1.165) is 13.0 Å². The van der Waals surface area contributed by atoms with E-state index in [1.165, 1.54) is 0 Å². The van der Waals surface area contributed by atoms with Crippen LogP contribution in [0.25, 0.3) is 0 Å². The van der Waals surface area contributed by atoms with Crippen molar-refractivity contribution in [3.8, 4) is 0 Å². The molecule has 0 saturated heterocycles. The molecule has 2 heteroatoms. The third-order valence-electron chi connectivity index (χ3n) is 1.81. The van der Waals surface area contributed by atoms with Gasteiger partial charge in [0, 0.05) is 0 Å². The molecule has 0 fully saturated rings. The van der Waals surface area contributed by atoms with E-state index in [4.69, 9.17) is 9.84 Å². The molecule has 0 aliphatic heterocycles. The molecule has 2 nitrogen and oxygen atoms in total.